The van der Waals surface area contributed by atoms with E-state index in [1.54, 1.807) is 30.3 Å². The van der Waals surface area contributed by atoms with Crippen molar-refractivity contribution in [2.45, 2.75) is 24.7 Å². The maximum absolute atomic E-state index is 13.4. The Morgan fingerprint density at radius 1 is 1.03 bits per heavy atom. The predicted molar refractivity (Wildman–Crippen MR) is 146 cm³/mol. The lowest BCUT2D eigenvalue weighted by Gasteiger charge is -2.24. The minimum Gasteiger partial charge on any atom is -0.377 e. The van der Waals surface area contributed by atoms with E-state index in [9.17, 15) is 13.2 Å². The molecule has 0 fully saturated rings. The predicted octanol–water partition coefficient (Wildman–Crippen LogP) is 4.98. The molecule has 0 saturated heterocycles. The summed E-state index contributed by atoms with van der Waals surface area (Å²) < 4.78 is 28.8. The SMILES string of the molecule is CC(C)c1ccc(N(CC(=O)N/N=C/c2ccc(N(C)C)c(Br)c2)S(=O)(=O)c2ccccc2)cc1. The van der Waals surface area contributed by atoms with Crippen LogP contribution in [-0.4, -0.2) is 41.2 Å². The lowest BCUT2D eigenvalue weighted by Crippen LogP contribution is -2.39. The number of anilines is 2. The molecular weight excluding hydrogens is 528 g/mol. The highest BCUT2D eigenvalue weighted by molar-refractivity contribution is 9.10. The summed E-state index contributed by atoms with van der Waals surface area (Å²) in [4.78, 5) is 14.8. The largest absolute Gasteiger partial charge is 0.377 e. The molecular formula is C26H29BrN4O3S. The van der Waals surface area contributed by atoms with E-state index in [1.165, 1.54) is 18.3 Å². The van der Waals surface area contributed by atoms with Gasteiger partial charge in [0.1, 0.15) is 6.54 Å². The van der Waals surface area contributed by atoms with Crippen molar-refractivity contribution in [3.05, 3.63) is 88.4 Å². The third-order valence-corrected chi connectivity index (χ3v) is 7.75. The molecule has 3 aromatic carbocycles. The topological polar surface area (TPSA) is 82.1 Å². The van der Waals surface area contributed by atoms with Crippen molar-refractivity contribution in [3.63, 3.8) is 0 Å². The second-order valence-corrected chi connectivity index (χ2v) is 11.2. The normalized spacial score (nSPS) is 11.6. The first-order chi connectivity index (χ1) is 16.6. The summed E-state index contributed by atoms with van der Waals surface area (Å²) in [6, 6.07) is 20.9. The Morgan fingerprint density at radius 3 is 2.26 bits per heavy atom. The van der Waals surface area contributed by atoms with E-state index in [4.69, 9.17) is 0 Å². The lowest BCUT2D eigenvalue weighted by molar-refractivity contribution is -0.119. The van der Waals surface area contributed by atoms with Crippen molar-refractivity contribution in [2.75, 3.05) is 29.8 Å². The van der Waals surface area contributed by atoms with Crippen molar-refractivity contribution in [3.8, 4) is 0 Å². The molecule has 1 N–H and O–H groups in total. The first kappa shape index (κ1) is 26.4. The van der Waals surface area contributed by atoms with Crippen LogP contribution in [0.2, 0.25) is 0 Å². The summed E-state index contributed by atoms with van der Waals surface area (Å²) in [6.45, 7) is 3.70. The number of amides is 1. The number of nitrogens with zero attached hydrogens (tertiary/aromatic N) is 3. The van der Waals surface area contributed by atoms with Crippen molar-refractivity contribution < 1.29 is 13.2 Å². The molecule has 7 nitrogen and oxygen atoms in total. The van der Waals surface area contributed by atoms with Crippen LogP contribution in [0.5, 0.6) is 0 Å². The number of hydrazone groups is 1. The summed E-state index contributed by atoms with van der Waals surface area (Å²) in [5, 5.41) is 4.02. The quantitative estimate of drug-likeness (QED) is 0.297. The van der Waals surface area contributed by atoms with Gasteiger partial charge in [-0.2, -0.15) is 5.10 Å². The first-order valence-electron chi connectivity index (χ1n) is 11.1. The molecule has 3 aromatic rings. The van der Waals surface area contributed by atoms with Crippen LogP contribution in [0.4, 0.5) is 11.4 Å². The van der Waals surface area contributed by atoms with Gasteiger partial charge in [-0.25, -0.2) is 13.8 Å². The molecule has 1 amide bonds. The molecule has 0 aliphatic carbocycles. The zero-order chi connectivity index (χ0) is 25.6. The fraction of sp³-hybridized carbons (Fsp3) is 0.231. The van der Waals surface area contributed by atoms with E-state index in [0.717, 1.165) is 25.6 Å². The summed E-state index contributed by atoms with van der Waals surface area (Å²) in [6.07, 6.45) is 1.51. The zero-order valence-electron chi connectivity index (χ0n) is 20.1. The fourth-order valence-corrected chi connectivity index (χ4v) is 5.56. The summed E-state index contributed by atoms with van der Waals surface area (Å²) in [5.41, 5.74) is 5.71. The van der Waals surface area contributed by atoms with E-state index < -0.39 is 22.5 Å². The number of halogens is 1. The molecule has 0 saturated carbocycles. The summed E-state index contributed by atoms with van der Waals surface area (Å²) >= 11 is 3.52. The molecule has 0 radical (unpaired) electrons. The summed E-state index contributed by atoms with van der Waals surface area (Å²) in [7, 11) is -0.0800. The van der Waals surface area contributed by atoms with E-state index in [-0.39, 0.29) is 4.90 Å². The Bertz CT molecular complexity index is 1290. The highest BCUT2D eigenvalue weighted by Crippen LogP contribution is 2.26. The Kier molecular flexibility index (Phi) is 8.69. The van der Waals surface area contributed by atoms with Crippen LogP contribution in [0.15, 0.2) is 87.3 Å². The van der Waals surface area contributed by atoms with Crippen LogP contribution < -0.4 is 14.6 Å². The molecule has 0 bridgehead atoms. The number of rotatable bonds is 9. The smallest absolute Gasteiger partial charge is 0.264 e. The van der Waals surface area contributed by atoms with Crippen LogP contribution in [0.25, 0.3) is 0 Å². The second-order valence-electron chi connectivity index (χ2n) is 8.47. The number of carbonyl (C=O) groups excluding carboxylic acids is 1. The Balaban J connectivity index is 1.81. The van der Waals surface area contributed by atoms with Crippen LogP contribution in [0, 0.1) is 0 Å². The molecule has 3 rings (SSSR count). The Labute approximate surface area is 215 Å². The van der Waals surface area contributed by atoms with Crippen LogP contribution in [0.3, 0.4) is 0 Å². The van der Waals surface area contributed by atoms with Gasteiger partial charge in [0.15, 0.2) is 0 Å². The lowest BCUT2D eigenvalue weighted by atomic mass is 10.0. The third kappa shape index (κ3) is 6.70. The average molecular weight is 558 g/mol. The maximum Gasteiger partial charge on any atom is 0.264 e. The third-order valence-electron chi connectivity index (χ3n) is 5.32. The second kappa shape index (κ2) is 11.5. The highest BCUT2D eigenvalue weighted by atomic mass is 79.9. The van der Waals surface area contributed by atoms with Gasteiger partial charge in [-0.05, 0) is 69.4 Å². The minimum absolute atomic E-state index is 0.107. The van der Waals surface area contributed by atoms with Crippen molar-refractivity contribution in [2.24, 2.45) is 5.10 Å². The number of hydrogen-bond acceptors (Lipinski definition) is 5. The maximum atomic E-state index is 13.4. The minimum atomic E-state index is -3.97. The monoisotopic (exact) mass is 556 g/mol. The molecule has 0 spiro atoms. The molecule has 0 aliphatic rings. The fourth-order valence-electron chi connectivity index (χ4n) is 3.37. The molecule has 184 valence electrons. The molecule has 9 heteroatoms. The van der Waals surface area contributed by atoms with Gasteiger partial charge in [0.25, 0.3) is 15.9 Å². The van der Waals surface area contributed by atoms with Crippen molar-refractivity contribution in [1.29, 1.82) is 0 Å². The van der Waals surface area contributed by atoms with E-state index >= 15 is 0 Å². The Morgan fingerprint density at radius 2 is 1.69 bits per heavy atom. The van der Waals surface area contributed by atoms with Gasteiger partial charge in [0.05, 0.1) is 22.5 Å². The van der Waals surface area contributed by atoms with Crippen LogP contribution >= 0.6 is 15.9 Å². The first-order valence-corrected chi connectivity index (χ1v) is 13.3. The average Bonchev–Trinajstić information content (AvgIpc) is 2.83. The van der Waals surface area contributed by atoms with Gasteiger partial charge in [-0.3, -0.25) is 9.10 Å². The highest BCUT2D eigenvalue weighted by Gasteiger charge is 2.27. The van der Waals surface area contributed by atoms with Gasteiger partial charge >= 0.3 is 0 Å². The van der Waals surface area contributed by atoms with E-state index in [1.807, 2.05) is 49.3 Å². The number of hydrogen-bond donors (Lipinski definition) is 1. The van der Waals surface area contributed by atoms with Gasteiger partial charge in [0.2, 0.25) is 0 Å². The van der Waals surface area contributed by atoms with Crippen molar-refractivity contribution in [1.82, 2.24) is 5.43 Å². The number of benzene rings is 3. The summed E-state index contributed by atoms with van der Waals surface area (Å²) in [5.74, 6) is -0.259. The Hall–Kier alpha value is -3.17. The van der Waals surface area contributed by atoms with Gasteiger partial charge in [-0.15, -0.1) is 0 Å². The number of carbonyl (C=O) groups is 1. The molecule has 0 aromatic heterocycles. The molecule has 35 heavy (non-hydrogen) atoms. The van der Waals surface area contributed by atoms with E-state index in [0.29, 0.717) is 11.6 Å². The molecule has 0 unspecified atom stereocenters. The molecule has 0 atom stereocenters. The van der Waals surface area contributed by atoms with Gasteiger partial charge < -0.3 is 4.90 Å². The van der Waals surface area contributed by atoms with Gasteiger partial charge in [-0.1, -0.05) is 50.2 Å². The van der Waals surface area contributed by atoms with E-state index in [2.05, 4.69) is 40.3 Å². The molecule has 0 aliphatic heterocycles. The molecule has 0 heterocycles. The van der Waals surface area contributed by atoms with Crippen LogP contribution in [0.1, 0.15) is 30.9 Å². The number of sulfonamides is 1. The number of nitrogens with one attached hydrogen (secondary N) is 1. The van der Waals surface area contributed by atoms with Crippen LogP contribution in [-0.2, 0) is 14.8 Å². The van der Waals surface area contributed by atoms with Gasteiger partial charge in [0, 0.05) is 18.6 Å². The zero-order valence-corrected chi connectivity index (χ0v) is 22.5. The standard InChI is InChI=1S/C26H29BrN4O3S/c1-19(2)21-11-13-22(14-12-21)31(35(33,34)23-8-6-5-7-9-23)18-26(32)29-28-17-20-10-15-25(30(3)4)24(27)16-20/h5-17,19H,18H2,1-4H3,(H,29,32)/b28-17+. The van der Waals surface area contributed by atoms with Crippen molar-refractivity contribution >= 4 is 49.4 Å².